The molecule has 0 fully saturated rings. The maximum absolute atomic E-state index is 13.9. The van der Waals surface area contributed by atoms with E-state index in [1.54, 1.807) is 12.1 Å². The van der Waals surface area contributed by atoms with Gasteiger partial charge in [-0.3, -0.25) is 4.79 Å². The van der Waals surface area contributed by atoms with Crippen LogP contribution >= 0.6 is 11.6 Å². The number of halogens is 2. The highest BCUT2D eigenvalue weighted by Gasteiger charge is 2.15. The van der Waals surface area contributed by atoms with Crippen LogP contribution < -0.4 is 25.8 Å². The van der Waals surface area contributed by atoms with Crippen molar-refractivity contribution in [3.63, 3.8) is 0 Å². The second-order valence-corrected chi connectivity index (χ2v) is 6.81. The fourth-order valence-electron chi connectivity index (χ4n) is 2.70. The molecule has 3 aromatic rings. The normalized spacial score (nSPS) is 10.7. The summed E-state index contributed by atoms with van der Waals surface area (Å²) in [5.41, 5.74) is 6.64. The summed E-state index contributed by atoms with van der Waals surface area (Å²) >= 11 is 6.03. The Hall–Kier alpha value is -3.37. The smallest absolute Gasteiger partial charge is 0.277 e. The Morgan fingerprint density at radius 1 is 1.23 bits per heavy atom. The molecule has 1 aromatic heterocycles. The third kappa shape index (κ3) is 5.83. The molecule has 0 unspecified atom stereocenters. The number of rotatable bonds is 10. The maximum atomic E-state index is 13.9. The lowest BCUT2D eigenvalue weighted by molar-refractivity contribution is 0.0944. The van der Waals surface area contributed by atoms with Crippen LogP contribution in [0.1, 0.15) is 21.6 Å². The van der Waals surface area contributed by atoms with Crippen molar-refractivity contribution >= 4 is 23.3 Å². The number of hydrogen-bond donors (Lipinski definition) is 3. The number of ether oxygens (including phenoxy) is 2. The minimum atomic E-state index is -0.460. The van der Waals surface area contributed by atoms with E-state index in [4.69, 9.17) is 26.8 Å². The van der Waals surface area contributed by atoms with Crippen LogP contribution in [0.25, 0.3) is 0 Å². The summed E-state index contributed by atoms with van der Waals surface area (Å²) in [6, 6.07) is 9.88. The molecule has 0 aliphatic carbocycles. The van der Waals surface area contributed by atoms with Crippen LogP contribution in [0.15, 0.2) is 41.0 Å². The summed E-state index contributed by atoms with van der Waals surface area (Å²) in [5, 5.41) is 12.9. The van der Waals surface area contributed by atoms with Crippen LogP contribution in [0.3, 0.4) is 0 Å². The van der Waals surface area contributed by atoms with E-state index in [1.807, 2.05) is 12.1 Å². The van der Waals surface area contributed by atoms with Gasteiger partial charge in [0.2, 0.25) is 11.5 Å². The first kappa shape index (κ1) is 22.3. The molecule has 0 spiro atoms. The molecule has 0 atom stereocenters. The molecule has 4 N–H and O–H groups in total. The molecule has 0 aliphatic heterocycles. The van der Waals surface area contributed by atoms with E-state index >= 15 is 0 Å². The van der Waals surface area contributed by atoms with Crippen molar-refractivity contribution in [3.8, 4) is 11.5 Å². The molecule has 2 aromatic carbocycles. The van der Waals surface area contributed by atoms with Crippen molar-refractivity contribution in [2.24, 2.45) is 0 Å². The first-order chi connectivity index (χ1) is 15.0. The van der Waals surface area contributed by atoms with Gasteiger partial charge in [0.15, 0.2) is 11.5 Å². The minimum Gasteiger partial charge on any atom is -0.493 e. The fraction of sp³-hybridized carbons (Fsp3) is 0.250. The molecule has 0 radical (unpaired) electrons. The van der Waals surface area contributed by atoms with Crippen LogP contribution in [-0.4, -0.2) is 36.4 Å². The Bertz CT molecular complexity index is 1030. The van der Waals surface area contributed by atoms with Crippen molar-refractivity contribution in [1.82, 2.24) is 20.9 Å². The molecular weight excluding hydrogens is 429 g/mol. The molecule has 1 amide bonds. The van der Waals surface area contributed by atoms with Crippen LogP contribution in [-0.2, 0) is 13.2 Å². The van der Waals surface area contributed by atoms with Crippen LogP contribution in [0.2, 0.25) is 5.02 Å². The average molecular weight is 450 g/mol. The molecule has 1 heterocycles. The molecule has 9 nitrogen and oxygen atoms in total. The molecule has 0 aliphatic rings. The molecule has 0 bridgehead atoms. The van der Waals surface area contributed by atoms with Gasteiger partial charge in [-0.15, -0.1) is 0 Å². The van der Waals surface area contributed by atoms with E-state index in [9.17, 15) is 9.18 Å². The average Bonchev–Trinajstić information content (AvgIpc) is 3.19. The lowest BCUT2D eigenvalue weighted by Gasteiger charge is -2.14. The number of carbonyl (C=O) groups is 1. The van der Waals surface area contributed by atoms with Gasteiger partial charge in [-0.25, -0.2) is 9.02 Å². The van der Waals surface area contributed by atoms with Gasteiger partial charge in [0.1, 0.15) is 12.4 Å². The Morgan fingerprint density at radius 3 is 2.77 bits per heavy atom. The number of hydrogen-bond acceptors (Lipinski definition) is 8. The van der Waals surface area contributed by atoms with Crippen molar-refractivity contribution in [3.05, 3.63) is 64.1 Å². The van der Waals surface area contributed by atoms with Gasteiger partial charge in [0.05, 0.1) is 12.1 Å². The predicted octanol–water partition coefficient (Wildman–Crippen LogP) is 2.55. The Balaban J connectivity index is 1.48. The molecular formula is C20H21ClFN5O4. The Kier molecular flexibility index (Phi) is 7.63. The van der Waals surface area contributed by atoms with Gasteiger partial charge >= 0.3 is 0 Å². The van der Waals surface area contributed by atoms with Crippen LogP contribution in [0.4, 0.5) is 10.2 Å². The van der Waals surface area contributed by atoms with Gasteiger partial charge < -0.3 is 25.8 Å². The number of methoxy groups -OCH3 is 1. The highest BCUT2D eigenvalue weighted by Crippen LogP contribution is 2.30. The van der Waals surface area contributed by atoms with Gasteiger partial charge in [0.25, 0.3) is 5.91 Å². The van der Waals surface area contributed by atoms with Crippen molar-refractivity contribution < 1.29 is 23.3 Å². The summed E-state index contributed by atoms with van der Waals surface area (Å²) in [6.45, 7) is 1.36. The number of nitrogens with two attached hydrogens (primary N) is 1. The summed E-state index contributed by atoms with van der Waals surface area (Å²) in [7, 11) is 1.52. The largest absolute Gasteiger partial charge is 0.493 e. The fourth-order valence-corrected chi connectivity index (χ4v) is 2.91. The maximum Gasteiger partial charge on any atom is 0.277 e. The number of nitrogens with one attached hydrogen (secondary N) is 2. The quantitative estimate of drug-likeness (QED) is 0.403. The van der Waals surface area contributed by atoms with Crippen molar-refractivity contribution in [2.45, 2.75) is 13.2 Å². The lowest BCUT2D eigenvalue weighted by Crippen LogP contribution is -2.32. The monoisotopic (exact) mass is 449 g/mol. The van der Waals surface area contributed by atoms with E-state index < -0.39 is 11.7 Å². The predicted molar refractivity (Wildman–Crippen MR) is 111 cm³/mol. The number of aromatic nitrogens is 2. The highest BCUT2D eigenvalue weighted by molar-refractivity contribution is 6.31. The SMILES string of the molecule is COc1cc(CNCCNC(=O)c2nonc2N)ccc1OCc1c(F)cccc1Cl. The number of nitrogens with zero attached hydrogens (tertiary/aromatic N) is 2. The number of anilines is 1. The van der Waals surface area contributed by atoms with Gasteiger partial charge in [-0.1, -0.05) is 23.7 Å². The van der Waals surface area contributed by atoms with Crippen LogP contribution in [0, 0.1) is 5.82 Å². The summed E-state index contributed by atoms with van der Waals surface area (Å²) < 4.78 is 29.4. The zero-order chi connectivity index (χ0) is 22.2. The molecule has 164 valence electrons. The van der Waals surface area contributed by atoms with Crippen LogP contribution in [0.5, 0.6) is 11.5 Å². The minimum absolute atomic E-state index is 0.0231. The van der Waals surface area contributed by atoms with E-state index in [0.29, 0.717) is 36.2 Å². The second-order valence-electron chi connectivity index (χ2n) is 6.40. The molecule has 0 saturated carbocycles. The van der Waals surface area contributed by atoms with Crippen molar-refractivity contribution in [1.29, 1.82) is 0 Å². The number of benzene rings is 2. The lowest BCUT2D eigenvalue weighted by atomic mass is 10.2. The molecule has 11 heteroatoms. The third-order valence-corrected chi connectivity index (χ3v) is 4.66. The first-order valence-corrected chi connectivity index (χ1v) is 9.67. The number of nitrogen functional groups attached to an aromatic ring is 1. The number of amides is 1. The highest BCUT2D eigenvalue weighted by atomic mass is 35.5. The Morgan fingerprint density at radius 2 is 2.06 bits per heavy atom. The van der Waals surface area contributed by atoms with E-state index in [0.717, 1.165) is 5.56 Å². The summed E-state index contributed by atoms with van der Waals surface area (Å²) in [6.07, 6.45) is 0. The zero-order valence-electron chi connectivity index (χ0n) is 16.7. The number of carbonyl (C=O) groups excluding carboxylic acids is 1. The van der Waals surface area contributed by atoms with Gasteiger partial charge in [-0.05, 0) is 40.1 Å². The van der Waals surface area contributed by atoms with E-state index in [2.05, 4.69) is 25.6 Å². The first-order valence-electron chi connectivity index (χ1n) is 9.29. The standard InChI is InChI=1S/C20H21ClFN5O4/c1-29-17-9-12(10-24-7-8-25-20(28)18-19(23)27-31-26-18)5-6-16(17)30-11-13-14(21)3-2-4-15(13)22/h2-6,9,24H,7-8,10-11H2,1H3,(H2,23,27)(H,25,28). The molecule has 31 heavy (non-hydrogen) atoms. The second kappa shape index (κ2) is 10.6. The molecule has 3 rings (SSSR count). The van der Waals surface area contributed by atoms with E-state index in [1.165, 1.54) is 19.2 Å². The topological polar surface area (TPSA) is 125 Å². The Labute approximate surface area is 182 Å². The molecule has 0 saturated heterocycles. The van der Waals surface area contributed by atoms with Gasteiger partial charge in [-0.2, -0.15) is 0 Å². The summed E-state index contributed by atoms with van der Waals surface area (Å²) in [5.74, 6) is 0.0309. The van der Waals surface area contributed by atoms with Crippen molar-refractivity contribution in [2.75, 3.05) is 25.9 Å². The third-order valence-electron chi connectivity index (χ3n) is 4.31. The van der Waals surface area contributed by atoms with E-state index in [-0.39, 0.29) is 23.7 Å². The zero-order valence-corrected chi connectivity index (χ0v) is 17.4. The van der Waals surface area contributed by atoms with Gasteiger partial charge in [0, 0.05) is 25.2 Å². The summed E-state index contributed by atoms with van der Waals surface area (Å²) in [4.78, 5) is 11.8.